The third kappa shape index (κ3) is 6.28. The molecule has 0 radical (unpaired) electrons. The molecule has 2 amide bonds. The zero-order valence-electron chi connectivity index (χ0n) is 15.5. The number of nitrogens with zero attached hydrogens (tertiary/aromatic N) is 1. The van der Waals surface area contributed by atoms with Gasteiger partial charge in [-0.15, -0.1) is 0 Å². The number of halogens is 1. The molecule has 2 rings (SSSR count). The topological polar surface area (TPSA) is 100 Å². The summed E-state index contributed by atoms with van der Waals surface area (Å²) in [5.41, 5.74) is 2.10. The monoisotopic (exact) mass is 445 g/mol. The van der Waals surface area contributed by atoms with Crippen LogP contribution in [0.5, 0.6) is 11.5 Å². The molecule has 28 heavy (non-hydrogen) atoms. The third-order valence-electron chi connectivity index (χ3n) is 3.80. The first-order valence-electron chi connectivity index (χ1n) is 8.46. The second-order valence-electron chi connectivity index (χ2n) is 5.87. The highest BCUT2D eigenvalue weighted by Gasteiger charge is 2.10. The first kappa shape index (κ1) is 21.3. The molecule has 0 spiro atoms. The van der Waals surface area contributed by atoms with E-state index in [0.717, 1.165) is 15.7 Å². The Bertz CT molecular complexity index is 909. The van der Waals surface area contributed by atoms with Crippen molar-refractivity contribution in [3.8, 4) is 17.6 Å². The highest BCUT2D eigenvalue weighted by atomic mass is 79.9. The molecule has 0 saturated carbocycles. The van der Waals surface area contributed by atoms with Gasteiger partial charge in [-0.05, 0) is 36.8 Å². The van der Waals surface area contributed by atoms with Crippen molar-refractivity contribution in [2.75, 3.05) is 25.6 Å². The molecule has 0 aromatic heterocycles. The van der Waals surface area contributed by atoms with E-state index in [1.54, 1.807) is 12.1 Å². The molecule has 0 fully saturated rings. The molecule has 2 aromatic carbocycles. The van der Waals surface area contributed by atoms with Crippen molar-refractivity contribution in [3.05, 3.63) is 52.0 Å². The van der Waals surface area contributed by atoms with Gasteiger partial charge in [-0.3, -0.25) is 9.59 Å². The van der Waals surface area contributed by atoms with Gasteiger partial charge in [0.25, 0.3) is 5.91 Å². The van der Waals surface area contributed by atoms with Crippen LogP contribution in [0, 0.1) is 18.3 Å². The van der Waals surface area contributed by atoms with Gasteiger partial charge in [-0.25, -0.2) is 0 Å². The van der Waals surface area contributed by atoms with Gasteiger partial charge >= 0.3 is 0 Å². The average Bonchev–Trinajstić information content (AvgIpc) is 2.69. The maximum Gasteiger partial charge on any atom is 0.257 e. The van der Waals surface area contributed by atoms with Crippen LogP contribution in [0.1, 0.15) is 17.5 Å². The molecular formula is C20H20BrN3O4. The number of benzene rings is 2. The predicted molar refractivity (Wildman–Crippen MR) is 108 cm³/mol. The summed E-state index contributed by atoms with van der Waals surface area (Å²) in [6, 6.07) is 12.3. The van der Waals surface area contributed by atoms with E-state index in [4.69, 9.17) is 14.7 Å². The van der Waals surface area contributed by atoms with Crippen LogP contribution >= 0.6 is 15.9 Å². The van der Waals surface area contributed by atoms with Crippen LogP contribution in [0.15, 0.2) is 40.9 Å². The molecule has 2 N–H and O–H groups in total. The van der Waals surface area contributed by atoms with E-state index in [0.29, 0.717) is 17.1 Å². The van der Waals surface area contributed by atoms with Crippen molar-refractivity contribution < 1.29 is 19.1 Å². The molecule has 0 atom stereocenters. The van der Waals surface area contributed by atoms with Crippen molar-refractivity contribution in [1.82, 2.24) is 5.32 Å². The average molecular weight is 446 g/mol. The standard InChI is InChI=1S/C20H20BrN3O4/c1-13-3-5-15(21)10-16(13)24-19(25)7-8-23-20(26)12-28-17-6-4-14(11-22)9-18(17)27-2/h3-6,9-10H,7-8,12H2,1-2H3,(H,23,26)(H,24,25). The van der Waals surface area contributed by atoms with Gasteiger partial charge in [0, 0.05) is 29.2 Å². The molecule has 146 valence electrons. The van der Waals surface area contributed by atoms with Gasteiger partial charge in [0.2, 0.25) is 5.91 Å². The number of ether oxygens (including phenoxy) is 2. The summed E-state index contributed by atoms with van der Waals surface area (Å²) in [7, 11) is 1.45. The zero-order chi connectivity index (χ0) is 20.5. The number of carbonyl (C=O) groups is 2. The fourth-order valence-electron chi connectivity index (χ4n) is 2.31. The highest BCUT2D eigenvalue weighted by molar-refractivity contribution is 9.10. The third-order valence-corrected chi connectivity index (χ3v) is 4.29. The van der Waals surface area contributed by atoms with Crippen LogP contribution in [0.2, 0.25) is 0 Å². The molecule has 0 saturated heterocycles. The van der Waals surface area contributed by atoms with Crippen LogP contribution < -0.4 is 20.1 Å². The van der Waals surface area contributed by atoms with Gasteiger partial charge in [0.05, 0.1) is 18.7 Å². The van der Waals surface area contributed by atoms with Crippen LogP contribution in [0.25, 0.3) is 0 Å². The number of nitriles is 1. The smallest absolute Gasteiger partial charge is 0.257 e. The minimum Gasteiger partial charge on any atom is -0.493 e. The summed E-state index contributed by atoms with van der Waals surface area (Å²) in [6.45, 7) is 1.86. The summed E-state index contributed by atoms with van der Waals surface area (Å²) in [5.74, 6) is 0.171. The highest BCUT2D eigenvalue weighted by Crippen LogP contribution is 2.27. The largest absolute Gasteiger partial charge is 0.493 e. The number of hydrogen-bond acceptors (Lipinski definition) is 5. The van der Waals surface area contributed by atoms with Crippen molar-refractivity contribution in [2.45, 2.75) is 13.3 Å². The van der Waals surface area contributed by atoms with Crippen molar-refractivity contribution >= 4 is 33.4 Å². The van der Waals surface area contributed by atoms with Crippen LogP contribution in [-0.4, -0.2) is 32.1 Å². The van der Waals surface area contributed by atoms with Crippen molar-refractivity contribution in [3.63, 3.8) is 0 Å². The van der Waals surface area contributed by atoms with Crippen LogP contribution in [-0.2, 0) is 9.59 Å². The SMILES string of the molecule is COc1cc(C#N)ccc1OCC(=O)NCCC(=O)Nc1cc(Br)ccc1C. The van der Waals surface area contributed by atoms with Crippen molar-refractivity contribution in [2.24, 2.45) is 0 Å². The van der Waals surface area contributed by atoms with Crippen LogP contribution in [0.4, 0.5) is 5.69 Å². The Morgan fingerprint density at radius 3 is 2.64 bits per heavy atom. The first-order chi connectivity index (χ1) is 13.4. The molecule has 2 aromatic rings. The molecule has 8 heteroatoms. The van der Waals surface area contributed by atoms with Gasteiger partial charge in [0.1, 0.15) is 0 Å². The number of hydrogen-bond donors (Lipinski definition) is 2. The van der Waals surface area contributed by atoms with E-state index < -0.39 is 0 Å². The lowest BCUT2D eigenvalue weighted by atomic mass is 10.2. The zero-order valence-corrected chi connectivity index (χ0v) is 17.1. The van der Waals surface area contributed by atoms with Crippen LogP contribution in [0.3, 0.4) is 0 Å². The molecule has 0 aliphatic carbocycles. The van der Waals surface area contributed by atoms with Gasteiger partial charge in [0.15, 0.2) is 18.1 Å². The Morgan fingerprint density at radius 1 is 1.14 bits per heavy atom. The quantitative estimate of drug-likeness (QED) is 0.649. The molecule has 0 unspecified atom stereocenters. The normalized spacial score (nSPS) is 9.93. The number of aryl methyl sites for hydroxylation is 1. The first-order valence-corrected chi connectivity index (χ1v) is 9.26. The Hall–Kier alpha value is -3.05. The van der Waals surface area contributed by atoms with Gasteiger partial charge in [-0.2, -0.15) is 5.26 Å². The Balaban J connectivity index is 1.76. The Labute approximate surface area is 171 Å². The lowest BCUT2D eigenvalue weighted by Crippen LogP contribution is -2.31. The number of nitrogens with one attached hydrogen (secondary N) is 2. The van der Waals surface area contributed by atoms with E-state index in [9.17, 15) is 9.59 Å². The van der Waals surface area contributed by atoms with Gasteiger partial charge < -0.3 is 20.1 Å². The van der Waals surface area contributed by atoms with Gasteiger partial charge in [-0.1, -0.05) is 22.0 Å². The molecular weight excluding hydrogens is 426 g/mol. The lowest BCUT2D eigenvalue weighted by Gasteiger charge is -2.11. The van der Waals surface area contributed by atoms with E-state index in [1.807, 2.05) is 31.2 Å². The van der Waals surface area contributed by atoms with E-state index in [2.05, 4.69) is 26.6 Å². The maximum absolute atomic E-state index is 12.0. The summed E-state index contributed by atoms with van der Waals surface area (Å²) < 4.78 is 11.4. The summed E-state index contributed by atoms with van der Waals surface area (Å²) in [5, 5.41) is 14.3. The number of anilines is 1. The molecule has 0 bridgehead atoms. The Kier molecular flexibility index (Phi) is 7.84. The van der Waals surface area contributed by atoms with E-state index in [-0.39, 0.29) is 31.4 Å². The lowest BCUT2D eigenvalue weighted by molar-refractivity contribution is -0.123. The number of rotatable bonds is 8. The Morgan fingerprint density at radius 2 is 1.93 bits per heavy atom. The second-order valence-corrected chi connectivity index (χ2v) is 6.79. The number of carbonyl (C=O) groups excluding carboxylic acids is 2. The minimum absolute atomic E-state index is 0.137. The predicted octanol–water partition coefficient (Wildman–Crippen LogP) is 3.16. The molecule has 0 aliphatic rings. The van der Waals surface area contributed by atoms with Crippen molar-refractivity contribution in [1.29, 1.82) is 5.26 Å². The minimum atomic E-state index is -0.363. The number of amides is 2. The second kappa shape index (κ2) is 10.3. The maximum atomic E-state index is 12.0. The fraction of sp³-hybridized carbons (Fsp3) is 0.250. The van der Waals surface area contributed by atoms with E-state index in [1.165, 1.54) is 13.2 Å². The molecule has 0 aliphatic heterocycles. The molecule has 0 heterocycles. The number of methoxy groups -OCH3 is 1. The fourth-order valence-corrected chi connectivity index (χ4v) is 2.67. The van der Waals surface area contributed by atoms with E-state index >= 15 is 0 Å². The summed E-state index contributed by atoms with van der Waals surface area (Å²) in [6.07, 6.45) is 0.137. The summed E-state index contributed by atoms with van der Waals surface area (Å²) >= 11 is 3.37. The summed E-state index contributed by atoms with van der Waals surface area (Å²) in [4.78, 5) is 23.9. The molecule has 7 nitrogen and oxygen atoms in total.